The van der Waals surface area contributed by atoms with Crippen LogP contribution in [-0.2, 0) is 13.1 Å². The fraction of sp³-hybridized carbons (Fsp3) is 0.200. The predicted molar refractivity (Wildman–Crippen MR) is 74.5 cm³/mol. The van der Waals surface area contributed by atoms with Crippen molar-refractivity contribution in [3.63, 3.8) is 0 Å². The molecule has 0 saturated heterocycles. The molecule has 6 heteroatoms. The number of hydrogen-bond acceptors (Lipinski definition) is 3. The number of halogens is 3. The smallest absolute Gasteiger partial charge is 0.231 e. The summed E-state index contributed by atoms with van der Waals surface area (Å²) in [6.07, 6.45) is 0. The van der Waals surface area contributed by atoms with Crippen molar-refractivity contribution in [2.45, 2.75) is 13.1 Å². The molecule has 112 valence electrons. The number of benzene rings is 2. The van der Waals surface area contributed by atoms with E-state index in [2.05, 4.69) is 5.32 Å². The summed E-state index contributed by atoms with van der Waals surface area (Å²) < 4.78 is 24.2. The van der Waals surface area contributed by atoms with Crippen molar-refractivity contribution >= 4 is 11.6 Å². The molecule has 0 aliphatic carbocycles. The summed E-state index contributed by atoms with van der Waals surface area (Å²) in [6, 6.07) is 10.4. The van der Waals surface area contributed by atoms with Gasteiger partial charge in [-0.25, -0.2) is 4.39 Å². The Morgan fingerprint density at radius 1 is 1.10 bits per heavy atom. The highest BCUT2D eigenvalue weighted by molar-refractivity contribution is 6.31. The Bertz CT molecular complexity index is 617. The molecule has 3 nitrogen and oxygen atoms in total. The van der Waals surface area contributed by atoms with Crippen LogP contribution >= 0.6 is 11.6 Å². The van der Waals surface area contributed by atoms with E-state index in [1.165, 1.54) is 6.07 Å². The number of rotatable bonds is 4. The van der Waals surface area contributed by atoms with Gasteiger partial charge in [-0.3, -0.25) is 0 Å². The molecule has 1 N–H and O–H groups in total. The average Bonchev–Trinajstić information content (AvgIpc) is 2.89. The van der Waals surface area contributed by atoms with E-state index in [-0.39, 0.29) is 25.0 Å². The molecule has 2 aromatic rings. The van der Waals surface area contributed by atoms with Gasteiger partial charge in [-0.05, 0) is 29.8 Å². The van der Waals surface area contributed by atoms with Gasteiger partial charge in [-0.15, -0.1) is 0 Å². The second kappa shape index (κ2) is 6.98. The minimum absolute atomic E-state index is 0. The van der Waals surface area contributed by atoms with Crippen molar-refractivity contribution in [3.05, 3.63) is 58.4 Å². The Morgan fingerprint density at radius 3 is 2.71 bits per heavy atom. The van der Waals surface area contributed by atoms with E-state index in [0.29, 0.717) is 23.7 Å². The second-order valence-corrected chi connectivity index (χ2v) is 4.90. The number of hydrogen-bond donors (Lipinski definition) is 1. The third-order valence-electron chi connectivity index (χ3n) is 3.13. The number of ether oxygens (including phenoxy) is 2. The average molecular weight is 329 g/mol. The first-order valence-corrected chi connectivity index (χ1v) is 6.64. The molecule has 21 heavy (non-hydrogen) atoms. The monoisotopic (exact) mass is 328 g/mol. The van der Waals surface area contributed by atoms with Crippen molar-refractivity contribution in [1.29, 1.82) is 0 Å². The van der Waals surface area contributed by atoms with Crippen molar-refractivity contribution in [2.24, 2.45) is 0 Å². The highest BCUT2D eigenvalue weighted by Gasteiger charge is 2.13. The highest BCUT2D eigenvalue weighted by atomic mass is 35.5. The van der Waals surface area contributed by atoms with Crippen LogP contribution in [0.3, 0.4) is 0 Å². The summed E-state index contributed by atoms with van der Waals surface area (Å²) in [6.45, 7) is 1.23. The summed E-state index contributed by atoms with van der Waals surface area (Å²) in [5.41, 5.74) is 1.52. The maximum Gasteiger partial charge on any atom is 0.231 e. The van der Waals surface area contributed by atoms with Crippen molar-refractivity contribution < 1.29 is 26.3 Å². The minimum atomic E-state index is -0.296. The lowest BCUT2D eigenvalue weighted by Crippen LogP contribution is -3.00. The predicted octanol–water partition coefficient (Wildman–Crippen LogP) is 0.502. The molecule has 0 atom stereocenters. The van der Waals surface area contributed by atoms with Gasteiger partial charge in [-0.1, -0.05) is 23.7 Å². The quantitative estimate of drug-likeness (QED) is 0.886. The van der Waals surface area contributed by atoms with Gasteiger partial charge in [0.15, 0.2) is 11.5 Å². The maximum atomic E-state index is 13.6. The fourth-order valence-corrected chi connectivity index (χ4v) is 2.31. The summed E-state index contributed by atoms with van der Waals surface area (Å²) in [5.74, 6) is 1.20. The molecule has 0 radical (unpaired) electrons. The lowest BCUT2D eigenvalue weighted by Gasteiger charge is -2.08. The first kappa shape index (κ1) is 15.9. The van der Waals surface area contributed by atoms with Gasteiger partial charge in [-0.2, -0.15) is 0 Å². The van der Waals surface area contributed by atoms with E-state index >= 15 is 0 Å². The maximum absolute atomic E-state index is 13.6. The number of fused-ring (bicyclic) bond motifs is 1. The molecular weight excluding hydrogens is 316 g/mol. The summed E-state index contributed by atoms with van der Waals surface area (Å²) in [4.78, 5) is 0. The Hall–Kier alpha value is -1.49. The molecule has 0 unspecified atom stereocenters. The third kappa shape index (κ3) is 3.59. The van der Waals surface area contributed by atoms with Crippen LogP contribution in [0.15, 0.2) is 36.4 Å². The molecule has 1 aliphatic heterocycles. The first-order chi connectivity index (χ1) is 9.74. The summed E-state index contributed by atoms with van der Waals surface area (Å²) in [5, 5.41) is 3.60. The molecule has 0 fully saturated rings. The number of nitrogens with one attached hydrogen (secondary N) is 1. The van der Waals surface area contributed by atoms with Crippen LogP contribution in [-0.4, -0.2) is 6.79 Å². The Labute approximate surface area is 133 Å². The summed E-state index contributed by atoms with van der Waals surface area (Å²) in [7, 11) is 0. The molecule has 0 saturated carbocycles. The summed E-state index contributed by atoms with van der Waals surface area (Å²) >= 11 is 5.97. The van der Waals surface area contributed by atoms with Crippen LogP contribution in [0, 0.1) is 5.82 Å². The third-order valence-corrected chi connectivity index (χ3v) is 3.48. The lowest BCUT2D eigenvalue weighted by atomic mass is 10.2. The minimum Gasteiger partial charge on any atom is -1.00 e. The fourth-order valence-electron chi connectivity index (χ4n) is 2.08. The van der Waals surface area contributed by atoms with Gasteiger partial charge < -0.3 is 27.2 Å². The lowest BCUT2D eigenvalue weighted by molar-refractivity contribution is -0.00000607. The van der Waals surface area contributed by atoms with Gasteiger partial charge >= 0.3 is 0 Å². The van der Waals surface area contributed by atoms with E-state index < -0.39 is 0 Å². The van der Waals surface area contributed by atoms with Crippen LogP contribution < -0.4 is 27.2 Å². The van der Waals surface area contributed by atoms with Crippen molar-refractivity contribution in [1.82, 2.24) is 5.32 Å². The molecule has 3 rings (SSSR count). The van der Waals surface area contributed by atoms with Crippen molar-refractivity contribution in [3.8, 4) is 11.5 Å². The Balaban J connectivity index is 0.00000161. The molecule has 2 aromatic carbocycles. The normalized spacial score (nSPS) is 12.1. The standard InChI is InChI=1S/C15H13ClFNO2.ClH/c16-12-2-1-3-13(17)11(12)8-18-7-10-4-5-14-15(6-10)20-9-19-14;/h1-6,18H,7-9H2;1H/p-1. The van der Waals surface area contributed by atoms with Gasteiger partial charge in [0.1, 0.15) is 5.82 Å². The van der Waals surface area contributed by atoms with Gasteiger partial charge in [0.05, 0.1) is 0 Å². The van der Waals surface area contributed by atoms with E-state index in [4.69, 9.17) is 21.1 Å². The van der Waals surface area contributed by atoms with Gasteiger partial charge in [0.2, 0.25) is 6.79 Å². The topological polar surface area (TPSA) is 30.5 Å². The van der Waals surface area contributed by atoms with Crippen LogP contribution in [0.2, 0.25) is 5.02 Å². The van der Waals surface area contributed by atoms with Crippen LogP contribution in [0.25, 0.3) is 0 Å². The SMILES string of the molecule is Fc1cccc(Cl)c1CNCc1ccc2c(c1)OCO2.[Cl-]. The van der Waals surface area contributed by atoms with E-state index in [1.807, 2.05) is 18.2 Å². The largest absolute Gasteiger partial charge is 1.00 e. The molecule has 0 aromatic heterocycles. The molecule has 0 spiro atoms. The van der Waals surface area contributed by atoms with E-state index in [0.717, 1.165) is 17.1 Å². The van der Waals surface area contributed by atoms with Crippen LogP contribution in [0.4, 0.5) is 4.39 Å². The van der Waals surface area contributed by atoms with E-state index in [9.17, 15) is 4.39 Å². The molecule has 1 aliphatic rings. The molecular formula is C15H13Cl2FNO2-. The highest BCUT2D eigenvalue weighted by Crippen LogP contribution is 2.32. The molecule has 0 amide bonds. The Kier molecular flexibility index (Phi) is 5.28. The van der Waals surface area contributed by atoms with Gasteiger partial charge in [0, 0.05) is 23.7 Å². The van der Waals surface area contributed by atoms with Gasteiger partial charge in [0.25, 0.3) is 0 Å². The Morgan fingerprint density at radius 2 is 1.90 bits per heavy atom. The zero-order valence-corrected chi connectivity index (χ0v) is 12.5. The zero-order chi connectivity index (χ0) is 13.9. The molecule has 1 heterocycles. The second-order valence-electron chi connectivity index (χ2n) is 4.49. The van der Waals surface area contributed by atoms with E-state index in [1.54, 1.807) is 12.1 Å². The van der Waals surface area contributed by atoms with Crippen LogP contribution in [0.5, 0.6) is 11.5 Å². The molecule has 0 bridgehead atoms. The van der Waals surface area contributed by atoms with Crippen LogP contribution in [0.1, 0.15) is 11.1 Å². The van der Waals surface area contributed by atoms with Crippen molar-refractivity contribution in [2.75, 3.05) is 6.79 Å². The zero-order valence-electron chi connectivity index (χ0n) is 11.0. The first-order valence-electron chi connectivity index (χ1n) is 6.26.